The second-order valence-electron chi connectivity index (χ2n) is 1.66. The minimum Gasteiger partial charge on any atom is -0.532 e. The summed E-state index contributed by atoms with van der Waals surface area (Å²) in [5, 5.41) is 0. The molecule has 0 unspecified atom stereocenters. The zero-order valence-corrected chi connectivity index (χ0v) is 5.39. The monoisotopic (exact) mass is 108 g/mol. The molecule has 1 heterocycles. The van der Waals surface area contributed by atoms with Crippen LogP contribution in [0.1, 0.15) is 13.3 Å². The third kappa shape index (κ3) is 2.73. The van der Waals surface area contributed by atoms with E-state index >= 15 is 0 Å². The molecule has 0 aliphatic carbocycles. The van der Waals surface area contributed by atoms with Gasteiger partial charge in [-0.05, 0) is 6.92 Å². The van der Waals surface area contributed by atoms with Gasteiger partial charge in [-0.25, -0.2) is 6.61 Å². The van der Waals surface area contributed by atoms with Gasteiger partial charge in [0.25, 0.3) is 0 Å². The summed E-state index contributed by atoms with van der Waals surface area (Å²) in [7, 11) is 0. The van der Waals surface area contributed by atoms with E-state index in [9.17, 15) is 0 Å². The second kappa shape index (κ2) is 4.40. The molecule has 0 radical (unpaired) electrons. The van der Waals surface area contributed by atoms with Crippen LogP contribution in [0.25, 0.3) is 0 Å². The van der Waals surface area contributed by atoms with Gasteiger partial charge in [0.1, 0.15) is 6.79 Å². The molecule has 1 atom stereocenters. The van der Waals surface area contributed by atoms with Crippen LogP contribution in [-0.4, -0.2) is 12.9 Å². The van der Waals surface area contributed by atoms with Gasteiger partial charge in [-0.3, -0.25) is 0 Å². The number of hydrogen-bond donors (Lipinski definition) is 0. The van der Waals surface area contributed by atoms with E-state index in [0.717, 1.165) is 6.42 Å². The summed E-state index contributed by atoms with van der Waals surface area (Å²) < 4.78 is 9.82. The molecule has 1 fully saturated rings. The zero-order valence-electron chi connectivity index (χ0n) is 5.39. The van der Waals surface area contributed by atoms with E-state index < -0.39 is 0 Å². The normalized spacial score (nSPS) is 28.9. The van der Waals surface area contributed by atoms with Crippen molar-refractivity contribution >= 4 is 0 Å². The van der Waals surface area contributed by atoms with Crippen molar-refractivity contribution in [3.8, 4) is 0 Å². The fraction of sp³-hybridized carbons (Fsp3) is 0.800. The summed E-state index contributed by atoms with van der Waals surface area (Å²) in [6, 6.07) is 0. The fourth-order valence-electron chi connectivity index (χ4n) is 0.475. The number of rotatable bonds is 0. The molecule has 0 N–H and O–H groups in total. The Labute approximate surface area is 61.7 Å². The Kier molecular flexibility index (Phi) is 4.69. The van der Waals surface area contributed by atoms with Gasteiger partial charge in [0, 0.05) is 6.10 Å². The van der Waals surface area contributed by atoms with Crippen LogP contribution in [0.15, 0.2) is 0 Å². The van der Waals surface area contributed by atoms with Crippen molar-refractivity contribution in [2.75, 3.05) is 6.79 Å². The summed E-state index contributed by atoms with van der Waals surface area (Å²) >= 11 is 0. The molecule has 42 valence electrons. The average molecular weight is 108 g/mol. The topological polar surface area (TPSA) is 18.5 Å². The van der Waals surface area contributed by atoms with Crippen LogP contribution in [0.5, 0.6) is 0 Å². The Hall–Kier alpha value is 0.517. The molecular formula is C5H9LiO2. The van der Waals surface area contributed by atoms with E-state index in [-0.39, 0.29) is 18.9 Å². The number of ether oxygens (including phenoxy) is 2. The summed E-state index contributed by atoms with van der Waals surface area (Å²) in [5.41, 5.74) is 0. The molecule has 0 saturated carbocycles. The fourth-order valence-corrected chi connectivity index (χ4v) is 0.475. The SMILES string of the molecule is C[C@@H]1C[CH-]OCO1.[Li+]. The third-order valence-electron chi connectivity index (χ3n) is 0.967. The first-order chi connectivity index (χ1) is 3.39. The summed E-state index contributed by atoms with van der Waals surface area (Å²) in [5.74, 6) is 0. The summed E-state index contributed by atoms with van der Waals surface area (Å²) in [4.78, 5) is 0. The Morgan fingerprint density at radius 1 is 1.62 bits per heavy atom. The van der Waals surface area contributed by atoms with E-state index in [2.05, 4.69) is 0 Å². The van der Waals surface area contributed by atoms with E-state index in [1.165, 1.54) is 0 Å². The Morgan fingerprint density at radius 2 is 2.38 bits per heavy atom. The minimum absolute atomic E-state index is 0. The first kappa shape index (κ1) is 8.52. The van der Waals surface area contributed by atoms with Gasteiger partial charge in [-0.2, -0.15) is 0 Å². The molecule has 8 heavy (non-hydrogen) atoms. The maximum atomic E-state index is 5.02. The molecule has 1 aliphatic rings. The van der Waals surface area contributed by atoms with E-state index in [0.29, 0.717) is 12.9 Å². The smallest absolute Gasteiger partial charge is 0.532 e. The predicted octanol–water partition coefficient (Wildman–Crippen LogP) is -2.06. The molecule has 0 aromatic carbocycles. The van der Waals surface area contributed by atoms with Gasteiger partial charge in [-0.1, -0.05) is 0 Å². The second-order valence-corrected chi connectivity index (χ2v) is 1.66. The van der Waals surface area contributed by atoms with Gasteiger partial charge < -0.3 is 9.47 Å². The van der Waals surface area contributed by atoms with Crippen molar-refractivity contribution in [1.82, 2.24) is 0 Å². The first-order valence-electron chi connectivity index (χ1n) is 2.44. The van der Waals surface area contributed by atoms with Crippen LogP contribution >= 0.6 is 0 Å². The molecule has 1 saturated heterocycles. The standard InChI is InChI=1S/C5H9O2.Li/c1-5-2-3-6-4-7-5;/h3,5H,2,4H2,1H3;/q-1;+1/t5-;/m1./s1. The van der Waals surface area contributed by atoms with Crippen LogP contribution in [0, 0.1) is 6.61 Å². The van der Waals surface area contributed by atoms with Gasteiger partial charge >= 0.3 is 18.9 Å². The molecule has 0 aromatic heterocycles. The van der Waals surface area contributed by atoms with Gasteiger partial charge in [0.2, 0.25) is 0 Å². The van der Waals surface area contributed by atoms with Crippen LogP contribution in [0.4, 0.5) is 0 Å². The van der Waals surface area contributed by atoms with E-state index in [1.54, 1.807) is 6.61 Å². The van der Waals surface area contributed by atoms with Crippen molar-refractivity contribution in [2.24, 2.45) is 0 Å². The van der Waals surface area contributed by atoms with Crippen molar-refractivity contribution in [1.29, 1.82) is 0 Å². The Morgan fingerprint density at radius 3 is 2.62 bits per heavy atom. The van der Waals surface area contributed by atoms with Crippen LogP contribution in [-0.2, 0) is 9.47 Å². The van der Waals surface area contributed by atoms with Gasteiger partial charge in [-0.15, -0.1) is 6.42 Å². The zero-order chi connectivity index (χ0) is 5.11. The number of hydrogen-bond acceptors (Lipinski definition) is 2. The van der Waals surface area contributed by atoms with E-state index in [4.69, 9.17) is 9.47 Å². The molecule has 1 aliphatic heterocycles. The van der Waals surface area contributed by atoms with Crippen molar-refractivity contribution in [3.05, 3.63) is 6.61 Å². The van der Waals surface area contributed by atoms with Crippen molar-refractivity contribution in [2.45, 2.75) is 19.4 Å². The molecule has 0 aromatic rings. The van der Waals surface area contributed by atoms with Crippen LogP contribution in [0.3, 0.4) is 0 Å². The Balaban J connectivity index is 0.000000490. The minimum atomic E-state index is 0. The predicted molar refractivity (Wildman–Crippen MR) is 25.4 cm³/mol. The molecular weight excluding hydrogens is 99.0 g/mol. The molecule has 0 bridgehead atoms. The molecule has 3 heteroatoms. The first-order valence-corrected chi connectivity index (χ1v) is 2.44. The summed E-state index contributed by atoms with van der Waals surface area (Å²) in [6.07, 6.45) is 1.27. The summed E-state index contributed by atoms with van der Waals surface area (Å²) in [6.45, 7) is 4.24. The van der Waals surface area contributed by atoms with Gasteiger partial charge in [0.05, 0.1) is 0 Å². The van der Waals surface area contributed by atoms with Crippen LogP contribution < -0.4 is 18.9 Å². The molecule has 2 nitrogen and oxygen atoms in total. The largest absolute Gasteiger partial charge is 1.00 e. The molecule has 1 rings (SSSR count). The average Bonchev–Trinajstić information content (AvgIpc) is 1.69. The Bertz CT molecular complexity index is 52.4. The molecule has 0 spiro atoms. The molecule has 0 amide bonds. The van der Waals surface area contributed by atoms with Gasteiger partial charge in [0.15, 0.2) is 0 Å². The van der Waals surface area contributed by atoms with E-state index in [1.807, 2.05) is 6.92 Å². The third-order valence-corrected chi connectivity index (χ3v) is 0.967. The maximum Gasteiger partial charge on any atom is 1.00 e. The van der Waals surface area contributed by atoms with Crippen molar-refractivity contribution < 1.29 is 28.3 Å². The quantitative estimate of drug-likeness (QED) is 0.262. The maximum absolute atomic E-state index is 5.02. The van der Waals surface area contributed by atoms with Crippen molar-refractivity contribution in [3.63, 3.8) is 0 Å². The van der Waals surface area contributed by atoms with Crippen LogP contribution in [0.2, 0.25) is 0 Å².